The zero-order valence-corrected chi connectivity index (χ0v) is 32.7. The number of benzene rings is 8. The highest BCUT2D eigenvalue weighted by molar-refractivity contribution is 6.12. The quantitative estimate of drug-likeness (QED) is 0.151. The molecule has 0 saturated carbocycles. The SMILES string of the molecule is [C-]#[N+]c1cccc(-c2cc(-c3nc(-c4ccccc4)cc(-c4ccccc4)n3)cc(-c3cccc(C#N)c3)c2-n2c3ccccc3c3cc(-c4cccc(C#N)c4)ccc32)c1. The van der Waals surface area contributed by atoms with Gasteiger partial charge in [-0.05, 0) is 89.0 Å². The fourth-order valence-corrected chi connectivity index (χ4v) is 8.20. The Balaban J connectivity index is 1.32. The molecular formula is C55H32N6. The molecule has 0 amide bonds. The van der Waals surface area contributed by atoms with E-state index in [1.807, 2.05) is 121 Å². The van der Waals surface area contributed by atoms with Gasteiger partial charge < -0.3 is 4.57 Å². The first-order valence-electron chi connectivity index (χ1n) is 19.8. The van der Waals surface area contributed by atoms with Gasteiger partial charge in [-0.3, -0.25) is 0 Å². The Morgan fingerprint density at radius 1 is 0.426 bits per heavy atom. The van der Waals surface area contributed by atoms with Gasteiger partial charge in [0.1, 0.15) is 0 Å². The molecule has 282 valence electrons. The highest BCUT2D eigenvalue weighted by atomic mass is 15.0. The topological polar surface area (TPSA) is 82.7 Å². The molecule has 6 nitrogen and oxygen atoms in total. The van der Waals surface area contributed by atoms with E-state index in [4.69, 9.17) is 16.5 Å². The molecule has 2 aromatic heterocycles. The van der Waals surface area contributed by atoms with Crippen LogP contribution in [0.2, 0.25) is 0 Å². The van der Waals surface area contributed by atoms with E-state index >= 15 is 0 Å². The van der Waals surface area contributed by atoms with Gasteiger partial charge in [0.05, 0.1) is 57.9 Å². The van der Waals surface area contributed by atoms with Crippen molar-refractivity contribution in [3.63, 3.8) is 0 Å². The van der Waals surface area contributed by atoms with Crippen LogP contribution in [0.15, 0.2) is 194 Å². The Labute approximate surface area is 353 Å². The fourth-order valence-electron chi connectivity index (χ4n) is 8.20. The number of para-hydroxylation sites is 1. The monoisotopic (exact) mass is 776 g/mol. The molecule has 2 heterocycles. The average Bonchev–Trinajstić information content (AvgIpc) is 3.67. The molecule has 6 heteroatoms. The zero-order chi connectivity index (χ0) is 41.3. The van der Waals surface area contributed by atoms with Crippen molar-refractivity contribution in [2.45, 2.75) is 0 Å². The van der Waals surface area contributed by atoms with Crippen LogP contribution in [0, 0.1) is 29.2 Å². The molecule has 0 unspecified atom stereocenters. The van der Waals surface area contributed by atoms with Crippen molar-refractivity contribution in [3.05, 3.63) is 217 Å². The van der Waals surface area contributed by atoms with Crippen molar-refractivity contribution in [3.8, 4) is 85.1 Å². The first-order chi connectivity index (χ1) is 30.1. The van der Waals surface area contributed by atoms with Gasteiger partial charge in [-0.1, -0.05) is 127 Å². The zero-order valence-electron chi connectivity index (χ0n) is 32.7. The molecular weight excluding hydrogens is 745 g/mol. The first-order valence-corrected chi connectivity index (χ1v) is 19.8. The molecule has 0 bridgehead atoms. The van der Waals surface area contributed by atoms with E-state index in [0.717, 1.165) is 89.0 Å². The van der Waals surface area contributed by atoms with Gasteiger partial charge >= 0.3 is 0 Å². The number of nitrogens with zero attached hydrogens (tertiary/aromatic N) is 6. The van der Waals surface area contributed by atoms with Gasteiger partial charge in [-0.15, -0.1) is 0 Å². The van der Waals surface area contributed by atoms with Crippen molar-refractivity contribution < 1.29 is 0 Å². The van der Waals surface area contributed by atoms with Crippen LogP contribution in [-0.4, -0.2) is 14.5 Å². The Morgan fingerprint density at radius 2 is 0.951 bits per heavy atom. The normalized spacial score (nSPS) is 10.9. The van der Waals surface area contributed by atoms with Crippen LogP contribution < -0.4 is 0 Å². The molecule has 10 aromatic rings. The van der Waals surface area contributed by atoms with E-state index in [0.29, 0.717) is 22.6 Å². The summed E-state index contributed by atoms with van der Waals surface area (Å²) in [6.07, 6.45) is 0. The minimum absolute atomic E-state index is 0.516. The van der Waals surface area contributed by atoms with Gasteiger partial charge in [0, 0.05) is 38.6 Å². The number of hydrogen-bond donors (Lipinski definition) is 0. The summed E-state index contributed by atoms with van der Waals surface area (Å²) in [6.45, 7) is 7.99. The largest absolute Gasteiger partial charge is 0.308 e. The van der Waals surface area contributed by atoms with E-state index in [2.05, 4.69) is 94.3 Å². The molecule has 0 fully saturated rings. The van der Waals surface area contributed by atoms with Gasteiger partial charge in [-0.2, -0.15) is 10.5 Å². The van der Waals surface area contributed by atoms with E-state index in [1.54, 1.807) is 0 Å². The van der Waals surface area contributed by atoms with Crippen LogP contribution in [0.4, 0.5) is 5.69 Å². The maximum atomic E-state index is 10.2. The van der Waals surface area contributed by atoms with Gasteiger partial charge in [0.25, 0.3) is 0 Å². The van der Waals surface area contributed by atoms with Crippen molar-refractivity contribution in [1.29, 1.82) is 10.5 Å². The summed E-state index contributed by atoms with van der Waals surface area (Å²) < 4.78 is 2.30. The molecule has 0 aliphatic carbocycles. The minimum atomic E-state index is 0.516. The van der Waals surface area contributed by atoms with Crippen molar-refractivity contribution >= 4 is 27.5 Å². The maximum absolute atomic E-state index is 10.2. The molecule has 8 aromatic carbocycles. The Kier molecular flexibility index (Phi) is 9.24. The number of fused-ring (bicyclic) bond motifs is 3. The summed E-state index contributed by atoms with van der Waals surface area (Å²) in [4.78, 5) is 14.3. The van der Waals surface area contributed by atoms with Crippen LogP contribution in [0.3, 0.4) is 0 Å². The minimum Gasteiger partial charge on any atom is -0.308 e. The third kappa shape index (κ3) is 6.75. The lowest BCUT2D eigenvalue weighted by Crippen LogP contribution is -2.03. The number of nitriles is 2. The second-order valence-electron chi connectivity index (χ2n) is 14.7. The van der Waals surface area contributed by atoms with Crippen LogP contribution in [-0.2, 0) is 0 Å². The summed E-state index contributed by atoms with van der Waals surface area (Å²) >= 11 is 0. The highest BCUT2D eigenvalue weighted by Crippen LogP contribution is 2.45. The van der Waals surface area contributed by atoms with E-state index in [1.165, 1.54) is 0 Å². The van der Waals surface area contributed by atoms with E-state index < -0.39 is 0 Å². The number of rotatable bonds is 7. The smallest absolute Gasteiger partial charge is 0.187 e. The number of hydrogen-bond acceptors (Lipinski definition) is 4. The lowest BCUT2D eigenvalue weighted by molar-refractivity contribution is 1.17. The van der Waals surface area contributed by atoms with Crippen molar-refractivity contribution in [2.24, 2.45) is 0 Å². The van der Waals surface area contributed by atoms with E-state index in [-0.39, 0.29) is 0 Å². The standard InChI is InChI=1S/C55H32N6/c1-58-45-22-12-21-43(29-45)48-32-44(55-59-50(38-15-4-2-5-16-38)33-51(60-55)39-17-6-3-7-18-39)31-47(42-20-11-14-37(28-42)35-57)54(48)61-52-24-9-8-23-46(52)49-30-41(25-26-53(49)61)40-19-10-13-36(27-40)34-56/h2-33H. The molecule has 0 aliphatic heterocycles. The molecule has 0 N–H and O–H groups in total. The van der Waals surface area contributed by atoms with Gasteiger partial charge in [0.15, 0.2) is 11.5 Å². The Bertz CT molecular complexity index is 3320. The van der Waals surface area contributed by atoms with Crippen molar-refractivity contribution in [2.75, 3.05) is 0 Å². The first kappa shape index (κ1) is 36.5. The average molecular weight is 777 g/mol. The van der Waals surface area contributed by atoms with Crippen LogP contribution >= 0.6 is 0 Å². The molecule has 0 saturated heterocycles. The maximum Gasteiger partial charge on any atom is 0.187 e. The molecule has 0 aliphatic rings. The predicted molar refractivity (Wildman–Crippen MR) is 245 cm³/mol. The van der Waals surface area contributed by atoms with Crippen LogP contribution in [0.5, 0.6) is 0 Å². The molecule has 0 atom stereocenters. The lowest BCUT2D eigenvalue weighted by atomic mass is 9.91. The lowest BCUT2D eigenvalue weighted by Gasteiger charge is -2.21. The highest BCUT2D eigenvalue weighted by Gasteiger charge is 2.23. The Morgan fingerprint density at radius 3 is 1.59 bits per heavy atom. The molecule has 10 rings (SSSR count). The Hall–Kier alpha value is -8.89. The number of aromatic nitrogens is 3. The van der Waals surface area contributed by atoms with Gasteiger partial charge in [0.2, 0.25) is 0 Å². The summed E-state index contributed by atoms with van der Waals surface area (Å²) in [5.41, 5.74) is 14.2. The second-order valence-corrected chi connectivity index (χ2v) is 14.7. The van der Waals surface area contributed by atoms with Crippen LogP contribution in [0.1, 0.15) is 11.1 Å². The summed E-state index contributed by atoms with van der Waals surface area (Å²) in [6, 6.07) is 69.1. The third-order valence-electron chi connectivity index (χ3n) is 11.0. The third-order valence-corrected chi connectivity index (χ3v) is 11.0. The van der Waals surface area contributed by atoms with Crippen LogP contribution in [0.25, 0.3) is 99.6 Å². The fraction of sp³-hybridized carbons (Fsp3) is 0. The summed E-state index contributed by atoms with van der Waals surface area (Å²) in [5, 5.41) is 22.0. The summed E-state index contributed by atoms with van der Waals surface area (Å²) in [5.74, 6) is 0.540. The molecule has 0 spiro atoms. The van der Waals surface area contributed by atoms with Crippen molar-refractivity contribution in [1.82, 2.24) is 14.5 Å². The molecule has 61 heavy (non-hydrogen) atoms. The van der Waals surface area contributed by atoms with Gasteiger partial charge in [-0.25, -0.2) is 14.8 Å². The van der Waals surface area contributed by atoms with E-state index in [9.17, 15) is 10.5 Å². The summed E-state index contributed by atoms with van der Waals surface area (Å²) in [7, 11) is 0. The predicted octanol–water partition coefficient (Wildman–Crippen LogP) is 13.9. The molecule has 0 radical (unpaired) electrons. The second kappa shape index (κ2) is 15.5.